The Morgan fingerprint density at radius 2 is 2.12 bits per heavy atom. The molecule has 3 unspecified atom stereocenters. The van der Waals surface area contributed by atoms with Crippen LogP contribution in [0.25, 0.3) is 0 Å². The lowest BCUT2D eigenvalue weighted by Gasteiger charge is -2.35. The van der Waals surface area contributed by atoms with Gasteiger partial charge in [0, 0.05) is 25.0 Å². The molecular formula is C13H27NOS. The minimum atomic E-state index is 0.419. The van der Waals surface area contributed by atoms with E-state index in [1.54, 1.807) is 7.11 Å². The van der Waals surface area contributed by atoms with Gasteiger partial charge in [-0.3, -0.25) is 0 Å². The molecule has 0 aromatic heterocycles. The maximum absolute atomic E-state index is 6.20. The van der Waals surface area contributed by atoms with Gasteiger partial charge in [-0.25, -0.2) is 0 Å². The van der Waals surface area contributed by atoms with Crippen molar-refractivity contribution in [1.29, 1.82) is 0 Å². The fourth-order valence-electron chi connectivity index (χ4n) is 2.42. The van der Waals surface area contributed by atoms with Gasteiger partial charge in [0.25, 0.3) is 0 Å². The van der Waals surface area contributed by atoms with Crippen molar-refractivity contribution in [3.63, 3.8) is 0 Å². The second-order valence-corrected chi connectivity index (χ2v) is 6.58. The summed E-state index contributed by atoms with van der Waals surface area (Å²) in [5, 5.41) is 0.679. The Morgan fingerprint density at radius 3 is 2.75 bits per heavy atom. The van der Waals surface area contributed by atoms with Crippen LogP contribution in [0.1, 0.15) is 39.5 Å². The van der Waals surface area contributed by atoms with Gasteiger partial charge < -0.3 is 10.5 Å². The topological polar surface area (TPSA) is 35.2 Å². The summed E-state index contributed by atoms with van der Waals surface area (Å²) < 4.78 is 5.07. The molecule has 0 saturated heterocycles. The van der Waals surface area contributed by atoms with Crippen LogP contribution < -0.4 is 5.73 Å². The van der Waals surface area contributed by atoms with Gasteiger partial charge in [0.05, 0.1) is 0 Å². The monoisotopic (exact) mass is 245 g/mol. The number of rotatable bonds is 6. The molecule has 1 saturated carbocycles. The zero-order valence-corrected chi connectivity index (χ0v) is 11.8. The molecule has 0 amide bonds. The standard InChI is InChI=1S/C13H27NOS/c1-10(2)11-5-6-12(14)13(9-11)16-8-4-7-15-3/h10-13H,4-9,14H2,1-3H3. The van der Waals surface area contributed by atoms with E-state index in [9.17, 15) is 0 Å². The van der Waals surface area contributed by atoms with E-state index in [0.717, 1.165) is 24.9 Å². The first-order valence-electron chi connectivity index (χ1n) is 6.51. The first kappa shape index (κ1) is 14.3. The molecule has 1 rings (SSSR count). The molecule has 0 radical (unpaired) electrons. The van der Waals surface area contributed by atoms with Crippen molar-refractivity contribution in [3.8, 4) is 0 Å². The molecule has 1 aliphatic carbocycles. The molecule has 1 aliphatic rings. The second-order valence-electron chi connectivity index (χ2n) is 5.24. The summed E-state index contributed by atoms with van der Waals surface area (Å²) in [5.74, 6) is 2.89. The molecule has 0 aliphatic heterocycles. The third-order valence-corrected chi connectivity index (χ3v) is 5.15. The van der Waals surface area contributed by atoms with Gasteiger partial charge >= 0.3 is 0 Å². The van der Waals surface area contributed by atoms with E-state index in [1.807, 2.05) is 0 Å². The van der Waals surface area contributed by atoms with Crippen LogP contribution in [0.3, 0.4) is 0 Å². The Hall–Kier alpha value is 0.270. The first-order valence-corrected chi connectivity index (χ1v) is 7.56. The summed E-state index contributed by atoms with van der Waals surface area (Å²) in [5.41, 5.74) is 6.20. The van der Waals surface area contributed by atoms with Gasteiger partial charge in [0.1, 0.15) is 0 Å². The van der Waals surface area contributed by atoms with Gasteiger partial charge in [-0.15, -0.1) is 0 Å². The van der Waals surface area contributed by atoms with Crippen LogP contribution in [0.5, 0.6) is 0 Å². The lowest BCUT2D eigenvalue weighted by Crippen LogP contribution is -2.39. The second kappa shape index (κ2) is 7.57. The number of thioether (sulfide) groups is 1. The van der Waals surface area contributed by atoms with Crippen LogP contribution in [-0.4, -0.2) is 30.8 Å². The average Bonchev–Trinajstić information content (AvgIpc) is 2.26. The SMILES string of the molecule is COCCCSC1CC(C(C)C)CCC1N. The molecule has 3 heteroatoms. The quantitative estimate of drug-likeness (QED) is 0.731. The minimum Gasteiger partial charge on any atom is -0.385 e. The van der Waals surface area contributed by atoms with E-state index in [0.29, 0.717) is 11.3 Å². The van der Waals surface area contributed by atoms with Crippen molar-refractivity contribution in [2.24, 2.45) is 17.6 Å². The molecule has 3 atom stereocenters. The molecule has 0 heterocycles. The maximum Gasteiger partial charge on any atom is 0.0470 e. The molecule has 16 heavy (non-hydrogen) atoms. The highest BCUT2D eigenvalue weighted by atomic mass is 32.2. The van der Waals surface area contributed by atoms with Gasteiger partial charge in [-0.1, -0.05) is 13.8 Å². The van der Waals surface area contributed by atoms with E-state index in [-0.39, 0.29) is 0 Å². The van der Waals surface area contributed by atoms with Crippen molar-refractivity contribution in [3.05, 3.63) is 0 Å². The first-order chi connectivity index (χ1) is 7.65. The Bertz CT molecular complexity index is 187. The van der Waals surface area contributed by atoms with E-state index < -0.39 is 0 Å². The molecule has 0 bridgehead atoms. The third-order valence-electron chi connectivity index (χ3n) is 3.65. The summed E-state index contributed by atoms with van der Waals surface area (Å²) in [6, 6.07) is 0.419. The minimum absolute atomic E-state index is 0.419. The van der Waals surface area contributed by atoms with Gasteiger partial charge in [0.2, 0.25) is 0 Å². The lowest BCUT2D eigenvalue weighted by atomic mass is 9.79. The fourth-order valence-corrected chi connectivity index (χ4v) is 3.77. The fraction of sp³-hybridized carbons (Fsp3) is 1.00. The predicted molar refractivity (Wildman–Crippen MR) is 72.9 cm³/mol. The maximum atomic E-state index is 6.20. The largest absolute Gasteiger partial charge is 0.385 e. The van der Waals surface area contributed by atoms with E-state index >= 15 is 0 Å². The van der Waals surface area contributed by atoms with Crippen molar-refractivity contribution >= 4 is 11.8 Å². The van der Waals surface area contributed by atoms with Crippen LogP contribution in [0.15, 0.2) is 0 Å². The smallest absolute Gasteiger partial charge is 0.0470 e. The van der Waals surface area contributed by atoms with Gasteiger partial charge in [-0.2, -0.15) is 11.8 Å². The summed E-state index contributed by atoms with van der Waals surface area (Å²) in [7, 11) is 1.77. The Morgan fingerprint density at radius 1 is 1.38 bits per heavy atom. The number of ether oxygens (including phenoxy) is 1. The van der Waals surface area contributed by atoms with E-state index in [2.05, 4.69) is 25.6 Å². The molecule has 2 N–H and O–H groups in total. The summed E-state index contributed by atoms with van der Waals surface area (Å²) in [4.78, 5) is 0. The highest BCUT2D eigenvalue weighted by molar-refractivity contribution is 7.99. The lowest BCUT2D eigenvalue weighted by molar-refractivity contribution is 0.200. The normalized spacial score (nSPS) is 30.9. The summed E-state index contributed by atoms with van der Waals surface area (Å²) in [6.07, 6.45) is 5.01. The molecule has 0 aromatic rings. The van der Waals surface area contributed by atoms with Crippen molar-refractivity contribution in [2.75, 3.05) is 19.5 Å². The molecule has 0 spiro atoms. The summed E-state index contributed by atoms with van der Waals surface area (Å²) in [6.45, 7) is 5.56. The predicted octanol–water partition coefficient (Wildman–Crippen LogP) is 2.91. The highest BCUT2D eigenvalue weighted by Gasteiger charge is 2.29. The van der Waals surface area contributed by atoms with Gasteiger partial charge in [-0.05, 0) is 43.3 Å². The Kier molecular flexibility index (Phi) is 6.78. The number of nitrogens with two attached hydrogens (primary N) is 1. The zero-order valence-electron chi connectivity index (χ0n) is 10.9. The Labute approximate surface area is 105 Å². The van der Waals surface area contributed by atoms with Crippen molar-refractivity contribution in [1.82, 2.24) is 0 Å². The van der Waals surface area contributed by atoms with Crippen LogP contribution in [0.4, 0.5) is 0 Å². The number of methoxy groups -OCH3 is 1. The molecular weight excluding hydrogens is 218 g/mol. The molecule has 0 aromatic carbocycles. The molecule has 2 nitrogen and oxygen atoms in total. The van der Waals surface area contributed by atoms with Crippen molar-refractivity contribution in [2.45, 2.75) is 50.8 Å². The Balaban J connectivity index is 2.26. The third kappa shape index (κ3) is 4.64. The van der Waals surface area contributed by atoms with Crippen molar-refractivity contribution < 1.29 is 4.74 Å². The van der Waals surface area contributed by atoms with Crippen LogP contribution in [0.2, 0.25) is 0 Å². The summed E-state index contributed by atoms with van der Waals surface area (Å²) >= 11 is 2.06. The molecule has 96 valence electrons. The number of hydrogen-bond donors (Lipinski definition) is 1. The van der Waals surface area contributed by atoms with E-state index in [4.69, 9.17) is 10.5 Å². The molecule has 1 fully saturated rings. The van der Waals surface area contributed by atoms with Crippen LogP contribution >= 0.6 is 11.8 Å². The van der Waals surface area contributed by atoms with E-state index in [1.165, 1.54) is 25.0 Å². The van der Waals surface area contributed by atoms with Gasteiger partial charge in [0.15, 0.2) is 0 Å². The highest BCUT2D eigenvalue weighted by Crippen LogP contribution is 2.35. The van der Waals surface area contributed by atoms with Crippen LogP contribution in [-0.2, 0) is 4.74 Å². The van der Waals surface area contributed by atoms with Crippen LogP contribution in [0, 0.1) is 11.8 Å². The number of hydrogen-bond acceptors (Lipinski definition) is 3. The zero-order chi connectivity index (χ0) is 12.0. The average molecular weight is 245 g/mol.